The van der Waals surface area contributed by atoms with Crippen molar-refractivity contribution in [1.29, 1.82) is 0 Å². The highest BCUT2D eigenvalue weighted by Gasteiger charge is 2.26. The monoisotopic (exact) mass is 285 g/mol. The lowest BCUT2D eigenvalue weighted by Crippen LogP contribution is -2.52. The highest BCUT2D eigenvalue weighted by Crippen LogP contribution is 2.11. The predicted octanol–water partition coefficient (Wildman–Crippen LogP) is 0.550. The minimum absolute atomic E-state index is 0.0678. The Morgan fingerprint density at radius 2 is 1.90 bits per heavy atom. The molecule has 1 fully saturated rings. The van der Waals surface area contributed by atoms with E-state index in [1.54, 1.807) is 4.90 Å². The molecule has 0 spiro atoms. The second-order valence-electron chi connectivity index (χ2n) is 5.09. The summed E-state index contributed by atoms with van der Waals surface area (Å²) in [5.74, 6) is -1.07. The highest BCUT2D eigenvalue weighted by atomic mass is 16.4. The number of hydrogen-bond donors (Lipinski definition) is 3. The van der Waals surface area contributed by atoms with Gasteiger partial charge in [-0.2, -0.15) is 0 Å². The van der Waals surface area contributed by atoms with Crippen LogP contribution in [0.2, 0.25) is 0 Å². The van der Waals surface area contributed by atoms with Crippen LogP contribution in [0.5, 0.6) is 0 Å². The first kappa shape index (κ1) is 16.3. The number of piperidine rings is 1. The van der Waals surface area contributed by atoms with Gasteiger partial charge in [0, 0.05) is 26.1 Å². The molecule has 0 unspecified atom stereocenters. The van der Waals surface area contributed by atoms with Gasteiger partial charge in [0.1, 0.15) is 6.04 Å². The summed E-state index contributed by atoms with van der Waals surface area (Å²) in [6.45, 7) is 4.40. The third-order valence-corrected chi connectivity index (χ3v) is 3.36. The van der Waals surface area contributed by atoms with E-state index < -0.39 is 12.0 Å². The Balaban J connectivity index is 2.42. The van der Waals surface area contributed by atoms with E-state index in [-0.39, 0.29) is 18.0 Å². The van der Waals surface area contributed by atoms with Gasteiger partial charge in [0.05, 0.1) is 0 Å². The number of rotatable bonds is 5. The van der Waals surface area contributed by atoms with Crippen LogP contribution in [0.15, 0.2) is 0 Å². The van der Waals surface area contributed by atoms with Crippen molar-refractivity contribution in [2.24, 2.45) is 0 Å². The minimum Gasteiger partial charge on any atom is -0.480 e. The van der Waals surface area contributed by atoms with Crippen molar-refractivity contribution in [2.45, 2.75) is 51.6 Å². The van der Waals surface area contributed by atoms with Gasteiger partial charge in [-0.1, -0.05) is 13.3 Å². The summed E-state index contributed by atoms with van der Waals surface area (Å²) in [7, 11) is 0. The number of amides is 3. The van der Waals surface area contributed by atoms with Crippen molar-refractivity contribution in [3.05, 3.63) is 0 Å². The molecule has 3 amide bonds. The molecule has 0 bridgehead atoms. The zero-order valence-electron chi connectivity index (χ0n) is 12.0. The number of nitrogens with one attached hydrogen (secondary N) is 2. The van der Waals surface area contributed by atoms with Gasteiger partial charge in [-0.05, 0) is 19.3 Å². The molecule has 0 radical (unpaired) electrons. The second kappa shape index (κ2) is 7.72. The average Bonchev–Trinajstić information content (AvgIpc) is 2.38. The molecule has 1 atom stereocenters. The molecule has 1 heterocycles. The molecule has 0 aromatic heterocycles. The van der Waals surface area contributed by atoms with Crippen molar-refractivity contribution >= 4 is 17.9 Å². The maximum atomic E-state index is 12.0. The molecule has 7 nitrogen and oxygen atoms in total. The van der Waals surface area contributed by atoms with Gasteiger partial charge in [-0.3, -0.25) is 4.79 Å². The molecule has 1 rings (SSSR count). The average molecular weight is 285 g/mol. The fourth-order valence-electron chi connectivity index (χ4n) is 2.30. The SMILES string of the molecule is CCC[C@H](NC(=O)N1CCC(NC(C)=O)CC1)C(=O)O. The first-order valence-electron chi connectivity index (χ1n) is 6.99. The van der Waals surface area contributed by atoms with Crippen molar-refractivity contribution < 1.29 is 19.5 Å². The lowest BCUT2D eigenvalue weighted by Gasteiger charge is -2.32. The van der Waals surface area contributed by atoms with Crippen molar-refractivity contribution in [1.82, 2.24) is 15.5 Å². The van der Waals surface area contributed by atoms with E-state index in [1.165, 1.54) is 6.92 Å². The lowest BCUT2D eigenvalue weighted by atomic mass is 10.1. The fraction of sp³-hybridized carbons (Fsp3) is 0.769. The summed E-state index contributed by atoms with van der Waals surface area (Å²) in [6.07, 6.45) is 2.50. The largest absolute Gasteiger partial charge is 0.480 e. The number of likely N-dealkylation sites (tertiary alicyclic amines) is 1. The van der Waals surface area contributed by atoms with Gasteiger partial charge in [-0.25, -0.2) is 9.59 Å². The van der Waals surface area contributed by atoms with Crippen LogP contribution in [-0.4, -0.2) is 53.1 Å². The topological polar surface area (TPSA) is 98.7 Å². The van der Waals surface area contributed by atoms with Crippen LogP contribution in [0, 0.1) is 0 Å². The van der Waals surface area contributed by atoms with Crippen LogP contribution in [0.3, 0.4) is 0 Å². The summed E-state index contributed by atoms with van der Waals surface area (Å²) in [5, 5.41) is 14.4. The van der Waals surface area contributed by atoms with E-state index in [1.807, 2.05) is 6.92 Å². The lowest BCUT2D eigenvalue weighted by molar-refractivity contribution is -0.139. The molecular formula is C13H23N3O4. The molecule has 0 aromatic carbocycles. The molecule has 7 heteroatoms. The van der Waals surface area contributed by atoms with Gasteiger partial charge in [0.15, 0.2) is 0 Å². The number of urea groups is 1. The Kier molecular flexibility index (Phi) is 6.27. The molecule has 0 aromatic rings. The quantitative estimate of drug-likeness (QED) is 0.687. The number of nitrogens with zero attached hydrogens (tertiary/aromatic N) is 1. The zero-order chi connectivity index (χ0) is 15.1. The standard InChI is InChI=1S/C13H23N3O4/c1-3-4-11(12(18)19)15-13(20)16-7-5-10(6-8-16)14-9(2)17/h10-11H,3-8H2,1-2H3,(H,14,17)(H,15,20)(H,18,19)/t11-/m0/s1. The number of carboxylic acids is 1. The Morgan fingerprint density at radius 3 is 2.35 bits per heavy atom. The van der Waals surface area contributed by atoms with E-state index in [2.05, 4.69) is 10.6 Å². The van der Waals surface area contributed by atoms with Gasteiger partial charge in [0.25, 0.3) is 0 Å². The van der Waals surface area contributed by atoms with E-state index in [9.17, 15) is 14.4 Å². The van der Waals surface area contributed by atoms with Gasteiger partial charge >= 0.3 is 12.0 Å². The number of carboxylic acid groups (broad SMARTS) is 1. The normalized spacial score (nSPS) is 17.4. The van der Waals surface area contributed by atoms with Gasteiger partial charge in [-0.15, -0.1) is 0 Å². The fourth-order valence-corrected chi connectivity index (χ4v) is 2.30. The second-order valence-corrected chi connectivity index (χ2v) is 5.09. The van der Waals surface area contributed by atoms with Gasteiger partial charge < -0.3 is 20.6 Å². The smallest absolute Gasteiger partial charge is 0.326 e. The van der Waals surface area contributed by atoms with Crippen LogP contribution in [0.4, 0.5) is 4.79 Å². The molecule has 114 valence electrons. The molecule has 0 saturated carbocycles. The molecule has 3 N–H and O–H groups in total. The maximum absolute atomic E-state index is 12.0. The molecule has 20 heavy (non-hydrogen) atoms. The van der Waals surface area contributed by atoms with Crippen LogP contribution in [0.1, 0.15) is 39.5 Å². The Hall–Kier alpha value is -1.79. The summed E-state index contributed by atoms with van der Waals surface area (Å²) in [4.78, 5) is 35.5. The number of aliphatic carboxylic acids is 1. The highest BCUT2D eigenvalue weighted by molar-refractivity contribution is 5.82. The van der Waals surface area contributed by atoms with Crippen molar-refractivity contribution in [3.63, 3.8) is 0 Å². The molecule has 1 saturated heterocycles. The Bertz CT molecular complexity index is 365. The van der Waals surface area contributed by atoms with Crippen LogP contribution in [-0.2, 0) is 9.59 Å². The van der Waals surface area contributed by atoms with Crippen LogP contribution >= 0.6 is 0 Å². The van der Waals surface area contributed by atoms with E-state index >= 15 is 0 Å². The Morgan fingerprint density at radius 1 is 1.30 bits per heavy atom. The van der Waals surface area contributed by atoms with Gasteiger partial charge in [0.2, 0.25) is 5.91 Å². The van der Waals surface area contributed by atoms with E-state index in [0.29, 0.717) is 38.8 Å². The first-order chi connectivity index (χ1) is 9.43. The van der Waals surface area contributed by atoms with Crippen molar-refractivity contribution in [3.8, 4) is 0 Å². The Labute approximate surface area is 118 Å². The van der Waals surface area contributed by atoms with Crippen LogP contribution in [0.25, 0.3) is 0 Å². The maximum Gasteiger partial charge on any atom is 0.326 e. The van der Waals surface area contributed by atoms with Crippen molar-refractivity contribution in [2.75, 3.05) is 13.1 Å². The predicted molar refractivity (Wildman–Crippen MR) is 73.3 cm³/mol. The van der Waals surface area contributed by atoms with E-state index in [0.717, 1.165) is 0 Å². The third kappa shape index (κ3) is 5.07. The zero-order valence-corrected chi connectivity index (χ0v) is 12.0. The van der Waals surface area contributed by atoms with E-state index in [4.69, 9.17) is 5.11 Å². The summed E-state index contributed by atoms with van der Waals surface area (Å²) >= 11 is 0. The molecule has 1 aliphatic rings. The number of carbonyl (C=O) groups excluding carboxylic acids is 2. The summed E-state index contributed by atoms with van der Waals surface area (Å²) in [6, 6.07) is -1.07. The number of hydrogen-bond acceptors (Lipinski definition) is 3. The molecule has 1 aliphatic heterocycles. The number of carbonyl (C=O) groups is 3. The van der Waals surface area contributed by atoms with Crippen LogP contribution < -0.4 is 10.6 Å². The first-order valence-corrected chi connectivity index (χ1v) is 6.99. The molecule has 0 aliphatic carbocycles. The molecular weight excluding hydrogens is 262 g/mol. The summed E-state index contributed by atoms with van der Waals surface area (Å²) < 4.78 is 0. The summed E-state index contributed by atoms with van der Waals surface area (Å²) in [5.41, 5.74) is 0. The third-order valence-electron chi connectivity index (χ3n) is 3.36. The minimum atomic E-state index is -1.01.